The predicted octanol–water partition coefficient (Wildman–Crippen LogP) is 2.91. The van der Waals surface area contributed by atoms with Crippen LogP contribution >= 0.6 is 0 Å². The molecule has 7 heteroatoms. The topological polar surface area (TPSA) is 86.7 Å². The number of sulfonamides is 1. The number of hydrogen-bond acceptors (Lipinski definition) is 4. The molecule has 0 aromatic heterocycles. The van der Waals surface area contributed by atoms with Gasteiger partial charge in [-0.15, -0.1) is 0 Å². The molecule has 0 aliphatic carbocycles. The van der Waals surface area contributed by atoms with Gasteiger partial charge in [0.1, 0.15) is 0 Å². The third kappa shape index (κ3) is 5.53. The average Bonchev–Trinajstić information content (AvgIpc) is 2.59. The van der Waals surface area contributed by atoms with E-state index in [0.717, 1.165) is 32.0 Å². The number of aromatic carboxylic acids is 1. The molecule has 26 heavy (non-hydrogen) atoms. The maximum atomic E-state index is 12.7. The van der Waals surface area contributed by atoms with Crippen LogP contribution in [0.1, 0.15) is 61.9 Å². The van der Waals surface area contributed by atoms with E-state index in [9.17, 15) is 13.2 Å². The number of piperidine rings is 1. The number of likely N-dealkylation sites (tertiary alicyclic amines) is 1. The van der Waals surface area contributed by atoms with Crippen LogP contribution in [-0.4, -0.2) is 50.6 Å². The van der Waals surface area contributed by atoms with E-state index in [0.29, 0.717) is 12.1 Å². The van der Waals surface area contributed by atoms with Crippen LogP contribution in [0.5, 0.6) is 0 Å². The Morgan fingerprint density at radius 2 is 1.96 bits per heavy atom. The second-order valence-corrected chi connectivity index (χ2v) is 9.22. The minimum absolute atomic E-state index is 0.0141. The van der Waals surface area contributed by atoms with E-state index in [4.69, 9.17) is 5.11 Å². The van der Waals surface area contributed by atoms with Crippen LogP contribution in [0.25, 0.3) is 0 Å². The molecule has 0 radical (unpaired) electrons. The van der Waals surface area contributed by atoms with Crippen LogP contribution < -0.4 is 4.72 Å². The van der Waals surface area contributed by atoms with Gasteiger partial charge in [0.05, 0.1) is 10.5 Å². The van der Waals surface area contributed by atoms with Gasteiger partial charge in [0.2, 0.25) is 10.0 Å². The highest BCUT2D eigenvalue weighted by atomic mass is 32.2. The lowest BCUT2D eigenvalue weighted by Crippen LogP contribution is -2.35. The number of carboxylic acids is 1. The van der Waals surface area contributed by atoms with Crippen LogP contribution in [0.15, 0.2) is 23.1 Å². The molecular formula is C19H30N2O4S. The SMILES string of the molecule is CC1CCN(CCCNS(=O)(=O)c2cc(C(=O)O)ccc2C(C)C)CC1. The number of carbonyl (C=O) groups is 1. The van der Waals surface area contributed by atoms with Gasteiger partial charge in [0, 0.05) is 6.54 Å². The Morgan fingerprint density at radius 1 is 1.31 bits per heavy atom. The standard InChI is InChI=1S/C19H30N2O4S/c1-14(2)17-6-5-16(19(22)23)13-18(17)26(24,25)20-9-4-10-21-11-7-15(3)8-12-21/h5-6,13-15,20H,4,7-12H2,1-3H3,(H,22,23). The molecule has 1 aliphatic rings. The first-order valence-electron chi connectivity index (χ1n) is 9.30. The first kappa shape index (κ1) is 20.9. The minimum atomic E-state index is -3.74. The van der Waals surface area contributed by atoms with Crippen LogP contribution in [0.2, 0.25) is 0 Å². The molecule has 146 valence electrons. The Kier molecular flexibility index (Phi) is 7.20. The summed E-state index contributed by atoms with van der Waals surface area (Å²) in [5.74, 6) is -0.364. The van der Waals surface area contributed by atoms with Crippen molar-refractivity contribution in [2.24, 2.45) is 5.92 Å². The maximum absolute atomic E-state index is 12.7. The molecule has 0 atom stereocenters. The van der Waals surface area contributed by atoms with Gasteiger partial charge in [-0.3, -0.25) is 0 Å². The fourth-order valence-electron chi connectivity index (χ4n) is 3.25. The second-order valence-electron chi connectivity index (χ2n) is 7.49. The molecular weight excluding hydrogens is 352 g/mol. The predicted molar refractivity (Wildman–Crippen MR) is 102 cm³/mol. The van der Waals surface area contributed by atoms with Gasteiger partial charge in [0.25, 0.3) is 0 Å². The summed E-state index contributed by atoms with van der Waals surface area (Å²) >= 11 is 0. The quantitative estimate of drug-likeness (QED) is 0.675. The van der Waals surface area contributed by atoms with Gasteiger partial charge in [-0.2, -0.15) is 0 Å². The zero-order chi connectivity index (χ0) is 19.3. The summed E-state index contributed by atoms with van der Waals surface area (Å²) in [5.41, 5.74) is 0.615. The summed E-state index contributed by atoms with van der Waals surface area (Å²) in [4.78, 5) is 13.6. The summed E-state index contributed by atoms with van der Waals surface area (Å²) in [6.07, 6.45) is 3.14. The number of rotatable bonds is 8. The van der Waals surface area contributed by atoms with Crippen LogP contribution in [0, 0.1) is 5.92 Å². The molecule has 0 spiro atoms. The maximum Gasteiger partial charge on any atom is 0.335 e. The van der Waals surface area contributed by atoms with Gasteiger partial charge in [-0.25, -0.2) is 17.9 Å². The lowest BCUT2D eigenvalue weighted by molar-refractivity contribution is 0.0696. The average molecular weight is 383 g/mol. The molecule has 0 saturated carbocycles. The van der Waals surface area contributed by atoms with Crippen molar-refractivity contribution in [1.29, 1.82) is 0 Å². The molecule has 1 saturated heterocycles. The first-order valence-corrected chi connectivity index (χ1v) is 10.8. The lowest BCUT2D eigenvalue weighted by atomic mass is 9.99. The van der Waals surface area contributed by atoms with E-state index in [1.165, 1.54) is 25.0 Å². The van der Waals surface area contributed by atoms with E-state index in [-0.39, 0.29) is 16.4 Å². The Bertz CT molecular complexity index is 723. The summed E-state index contributed by atoms with van der Waals surface area (Å²) in [7, 11) is -3.74. The molecule has 1 fully saturated rings. The fourth-order valence-corrected chi connectivity index (χ4v) is 4.71. The monoisotopic (exact) mass is 382 g/mol. The third-order valence-corrected chi connectivity index (χ3v) is 6.51. The number of nitrogens with zero attached hydrogens (tertiary/aromatic N) is 1. The Balaban J connectivity index is 2.00. The molecule has 1 aliphatic heterocycles. The van der Waals surface area contributed by atoms with E-state index < -0.39 is 16.0 Å². The van der Waals surface area contributed by atoms with Crippen LogP contribution in [0.4, 0.5) is 0 Å². The van der Waals surface area contributed by atoms with E-state index in [1.807, 2.05) is 13.8 Å². The Labute approximate surface area is 156 Å². The first-order chi connectivity index (χ1) is 12.2. The van der Waals surface area contributed by atoms with Crippen molar-refractivity contribution in [2.75, 3.05) is 26.2 Å². The minimum Gasteiger partial charge on any atom is -0.478 e. The number of nitrogens with one attached hydrogen (secondary N) is 1. The van der Waals surface area contributed by atoms with Crippen molar-refractivity contribution in [3.05, 3.63) is 29.3 Å². The molecule has 1 aromatic rings. The normalized spacial score (nSPS) is 16.9. The van der Waals surface area contributed by atoms with Crippen LogP contribution in [0.3, 0.4) is 0 Å². The summed E-state index contributed by atoms with van der Waals surface area (Å²) in [6, 6.07) is 4.30. The van der Waals surface area contributed by atoms with Gasteiger partial charge in [0.15, 0.2) is 0 Å². The van der Waals surface area contributed by atoms with Crippen molar-refractivity contribution in [1.82, 2.24) is 9.62 Å². The van der Waals surface area contributed by atoms with Gasteiger partial charge >= 0.3 is 5.97 Å². The Hall–Kier alpha value is -1.44. The molecule has 2 N–H and O–H groups in total. The highest BCUT2D eigenvalue weighted by Gasteiger charge is 2.22. The molecule has 1 aromatic carbocycles. The molecule has 0 bridgehead atoms. The molecule has 1 heterocycles. The lowest BCUT2D eigenvalue weighted by Gasteiger charge is -2.30. The summed E-state index contributed by atoms with van der Waals surface area (Å²) in [6.45, 7) is 9.43. The summed E-state index contributed by atoms with van der Waals surface area (Å²) < 4.78 is 28.1. The number of hydrogen-bond donors (Lipinski definition) is 2. The Morgan fingerprint density at radius 3 is 2.54 bits per heavy atom. The van der Waals surface area contributed by atoms with Gasteiger partial charge in [-0.1, -0.05) is 26.8 Å². The fraction of sp³-hybridized carbons (Fsp3) is 0.632. The van der Waals surface area contributed by atoms with E-state index in [2.05, 4.69) is 16.5 Å². The van der Waals surface area contributed by atoms with Crippen LogP contribution in [-0.2, 0) is 10.0 Å². The van der Waals surface area contributed by atoms with Crippen molar-refractivity contribution >= 4 is 16.0 Å². The highest BCUT2D eigenvalue weighted by Crippen LogP contribution is 2.25. The smallest absolute Gasteiger partial charge is 0.335 e. The zero-order valence-corrected chi connectivity index (χ0v) is 16.7. The van der Waals surface area contributed by atoms with Crippen molar-refractivity contribution < 1.29 is 18.3 Å². The highest BCUT2D eigenvalue weighted by molar-refractivity contribution is 7.89. The second kappa shape index (κ2) is 8.97. The molecule has 0 unspecified atom stereocenters. The van der Waals surface area contributed by atoms with Gasteiger partial charge < -0.3 is 10.0 Å². The number of carboxylic acid groups (broad SMARTS) is 1. The van der Waals surface area contributed by atoms with E-state index in [1.54, 1.807) is 6.07 Å². The van der Waals surface area contributed by atoms with Crippen molar-refractivity contribution in [3.8, 4) is 0 Å². The van der Waals surface area contributed by atoms with Crippen molar-refractivity contribution in [3.63, 3.8) is 0 Å². The zero-order valence-electron chi connectivity index (χ0n) is 15.9. The van der Waals surface area contributed by atoms with E-state index >= 15 is 0 Å². The molecule has 0 amide bonds. The number of benzene rings is 1. The third-order valence-electron chi connectivity index (χ3n) is 4.99. The van der Waals surface area contributed by atoms with Gasteiger partial charge in [-0.05, 0) is 68.4 Å². The summed E-state index contributed by atoms with van der Waals surface area (Å²) in [5, 5.41) is 9.16. The molecule has 2 rings (SSSR count). The largest absolute Gasteiger partial charge is 0.478 e. The molecule has 6 nitrogen and oxygen atoms in total. The van der Waals surface area contributed by atoms with Crippen molar-refractivity contribution in [2.45, 2.75) is 50.8 Å².